The Hall–Kier alpha value is -2.05. The zero-order chi connectivity index (χ0) is 17.7. The summed E-state index contributed by atoms with van der Waals surface area (Å²) in [6.45, 7) is 0.845. The van der Waals surface area contributed by atoms with Crippen molar-refractivity contribution in [1.29, 1.82) is 0 Å². The molecule has 0 radical (unpaired) electrons. The number of benzene rings is 2. The van der Waals surface area contributed by atoms with E-state index in [2.05, 4.69) is 5.32 Å². The summed E-state index contributed by atoms with van der Waals surface area (Å²) in [6, 6.07) is 11.0. The molecule has 0 bridgehead atoms. The molecule has 2 aromatic carbocycles. The molecule has 7 heteroatoms. The summed E-state index contributed by atoms with van der Waals surface area (Å²) < 4.78 is 37.9. The first kappa shape index (κ1) is 18.3. The van der Waals surface area contributed by atoms with Crippen molar-refractivity contribution in [3.05, 3.63) is 64.7 Å². The van der Waals surface area contributed by atoms with Crippen LogP contribution in [0.3, 0.4) is 0 Å². The Balaban J connectivity index is 2.33. The molecule has 0 heterocycles. The molecule has 0 aliphatic heterocycles. The maximum atomic E-state index is 12.7. The third kappa shape index (κ3) is 4.27. The molecular weight excluding hydrogens is 341 g/mol. The van der Waals surface area contributed by atoms with Crippen molar-refractivity contribution in [2.24, 2.45) is 0 Å². The Morgan fingerprint density at radius 1 is 1.12 bits per heavy atom. The standard InChI is InChI=1S/C17H16ClF3N2O/c1-22-10-11-23(15-5-3-2-4-14(15)18)16(24)12-6-8-13(9-7-12)17(19,20)21/h2-9,22H,10-11H2,1H3. The van der Waals surface area contributed by atoms with Crippen LogP contribution in [0, 0.1) is 0 Å². The van der Waals surface area contributed by atoms with Crippen LogP contribution in [0.2, 0.25) is 5.02 Å². The van der Waals surface area contributed by atoms with Crippen LogP contribution in [-0.4, -0.2) is 26.0 Å². The number of nitrogens with zero attached hydrogens (tertiary/aromatic N) is 1. The van der Waals surface area contributed by atoms with Crippen molar-refractivity contribution < 1.29 is 18.0 Å². The molecule has 1 amide bonds. The van der Waals surface area contributed by atoms with Crippen LogP contribution in [0.25, 0.3) is 0 Å². The number of alkyl halides is 3. The zero-order valence-electron chi connectivity index (χ0n) is 12.9. The van der Waals surface area contributed by atoms with Crippen molar-refractivity contribution in [2.75, 3.05) is 25.0 Å². The first-order valence-electron chi connectivity index (χ1n) is 7.23. The van der Waals surface area contributed by atoms with Gasteiger partial charge < -0.3 is 10.2 Å². The van der Waals surface area contributed by atoms with E-state index >= 15 is 0 Å². The summed E-state index contributed by atoms with van der Waals surface area (Å²) in [4.78, 5) is 14.2. The van der Waals surface area contributed by atoms with E-state index in [4.69, 9.17) is 11.6 Å². The van der Waals surface area contributed by atoms with E-state index in [9.17, 15) is 18.0 Å². The van der Waals surface area contributed by atoms with E-state index in [-0.39, 0.29) is 5.56 Å². The van der Waals surface area contributed by atoms with E-state index in [1.807, 2.05) is 0 Å². The van der Waals surface area contributed by atoms with Gasteiger partial charge in [-0.3, -0.25) is 4.79 Å². The topological polar surface area (TPSA) is 32.3 Å². The van der Waals surface area contributed by atoms with Gasteiger partial charge in [0, 0.05) is 18.7 Å². The molecule has 2 rings (SSSR count). The number of hydrogen-bond donors (Lipinski definition) is 1. The molecule has 0 spiro atoms. The molecule has 0 aliphatic carbocycles. The first-order chi connectivity index (χ1) is 11.3. The van der Waals surface area contributed by atoms with E-state index in [0.29, 0.717) is 23.8 Å². The fraction of sp³-hybridized carbons (Fsp3) is 0.235. The average Bonchev–Trinajstić information content (AvgIpc) is 2.56. The number of amides is 1. The van der Waals surface area contributed by atoms with Crippen LogP contribution in [0.5, 0.6) is 0 Å². The molecule has 0 atom stereocenters. The minimum atomic E-state index is -4.43. The molecule has 128 valence electrons. The summed E-state index contributed by atoms with van der Waals surface area (Å²) >= 11 is 6.15. The number of halogens is 4. The number of anilines is 1. The number of carbonyl (C=O) groups is 1. The zero-order valence-corrected chi connectivity index (χ0v) is 13.7. The maximum Gasteiger partial charge on any atom is 0.416 e. The van der Waals surface area contributed by atoms with E-state index < -0.39 is 17.6 Å². The Kier molecular flexibility index (Phi) is 5.85. The normalized spacial score (nSPS) is 11.4. The Morgan fingerprint density at radius 3 is 2.29 bits per heavy atom. The minimum absolute atomic E-state index is 0.166. The highest BCUT2D eigenvalue weighted by Crippen LogP contribution is 2.30. The molecule has 0 saturated carbocycles. The third-order valence-electron chi connectivity index (χ3n) is 3.43. The smallest absolute Gasteiger partial charge is 0.318 e. The van der Waals surface area contributed by atoms with Crippen molar-refractivity contribution in [3.63, 3.8) is 0 Å². The van der Waals surface area contributed by atoms with Crippen molar-refractivity contribution in [1.82, 2.24) is 5.32 Å². The Morgan fingerprint density at radius 2 is 1.75 bits per heavy atom. The second kappa shape index (κ2) is 7.68. The van der Waals surface area contributed by atoms with E-state index in [1.54, 1.807) is 31.3 Å². The highest BCUT2D eigenvalue weighted by atomic mass is 35.5. The monoisotopic (exact) mass is 356 g/mol. The lowest BCUT2D eigenvalue weighted by atomic mass is 10.1. The molecule has 0 saturated heterocycles. The van der Waals surface area contributed by atoms with Gasteiger partial charge in [0.25, 0.3) is 5.91 Å². The number of likely N-dealkylation sites (N-methyl/N-ethyl adjacent to an activating group) is 1. The maximum absolute atomic E-state index is 12.7. The number of nitrogens with one attached hydrogen (secondary N) is 1. The van der Waals surface area contributed by atoms with Gasteiger partial charge in [-0.2, -0.15) is 13.2 Å². The highest BCUT2D eigenvalue weighted by Gasteiger charge is 2.30. The van der Waals surface area contributed by atoms with Gasteiger partial charge in [-0.05, 0) is 43.4 Å². The van der Waals surface area contributed by atoms with Crippen molar-refractivity contribution >= 4 is 23.2 Å². The fourth-order valence-electron chi connectivity index (χ4n) is 2.18. The molecule has 24 heavy (non-hydrogen) atoms. The van der Waals surface area contributed by atoms with Gasteiger partial charge >= 0.3 is 6.18 Å². The van der Waals surface area contributed by atoms with Crippen LogP contribution < -0.4 is 10.2 Å². The molecule has 3 nitrogen and oxygen atoms in total. The molecule has 2 aromatic rings. The van der Waals surface area contributed by atoms with Crippen LogP contribution in [0.15, 0.2) is 48.5 Å². The van der Waals surface area contributed by atoms with Gasteiger partial charge in [0.1, 0.15) is 0 Å². The van der Waals surface area contributed by atoms with Gasteiger partial charge in [-0.1, -0.05) is 23.7 Å². The molecule has 0 aromatic heterocycles. The molecule has 0 unspecified atom stereocenters. The van der Waals surface area contributed by atoms with Gasteiger partial charge in [-0.15, -0.1) is 0 Å². The summed E-state index contributed by atoms with van der Waals surface area (Å²) in [5, 5.41) is 3.33. The highest BCUT2D eigenvalue weighted by molar-refractivity contribution is 6.34. The summed E-state index contributed by atoms with van der Waals surface area (Å²) in [6.07, 6.45) is -4.43. The molecular formula is C17H16ClF3N2O. The van der Waals surface area contributed by atoms with Crippen LogP contribution in [0.1, 0.15) is 15.9 Å². The second-order valence-corrected chi connectivity index (χ2v) is 5.49. The van der Waals surface area contributed by atoms with Crippen LogP contribution in [-0.2, 0) is 6.18 Å². The van der Waals surface area contributed by atoms with E-state index in [1.165, 1.54) is 17.0 Å². The minimum Gasteiger partial charge on any atom is -0.318 e. The van der Waals surface area contributed by atoms with Crippen LogP contribution >= 0.6 is 11.6 Å². The second-order valence-electron chi connectivity index (χ2n) is 5.09. The van der Waals surface area contributed by atoms with Crippen LogP contribution in [0.4, 0.5) is 18.9 Å². The number of hydrogen-bond acceptors (Lipinski definition) is 2. The molecule has 1 N–H and O–H groups in total. The lowest BCUT2D eigenvalue weighted by molar-refractivity contribution is -0.137. The van der Waals surface area contributed by atoms with Gasteiger partial charge in [0.05, 0.1) is 16.3 Å². The predicted octanol–water partition coefficient (Wildman–Crippen LogP) is 4.23. The van der Waals surface area contributed by atoms with Crippen molar-refractivity contribution in [3.8, 4) is 0 Å². The molecule has 0 aliphatic rings. The lowest BCUT2D eigenvalue weighted by Gasteiger charge is -2.24. The third-order valence-corrected chi connectivity index (χ3v) is 3.75. The largest absolute Gasteiger partial charge is 0.416 e. The van der Waals surface area contributed by atoms with Gasteiger partial charge in [0.15, 0.2) is 0 Å². The lowest BCUT2D eigenvalue weighted by Crippen LogP contribution is -2.36. The van der Waals surface area contributed by atoms with Crippen molar-refractivity contribution in [2.45, 2.75) is 6.18 Å². The fourth-order valence-corrected chi connectivity index (χ4v) is 2.42. The predicted molar refractivity (Wildman–Crippen MR) is 88.5 cm³/mol. The number of carbonyl (C=O) groups excluding carboxylic acids is 1. The SMILES string of the molecule is CNCCN(C(=O)c1ccc(C(F)(F)F)cc1)c1ccccc1Cl. The summed E-state index contributed by atoms with van der Waals surface area (Å²) in [5.74, 6) is -0.410. The number of rotatable bonds is 5. The molecule has 0 fully saturated rings. The Bertz CT molecular complexity index is 702. The number of para-hydroxylation sites is 1. The Labute approximate surface area is 143 Å². The quantitative estimate of drug-likeness (QED) is 0.869. The summed E-state index contributed by atoms with van der Waals surface area (Å²) in [7, 11) is 1.74. The van der Waals surface area contributed by atoms with Gasteiger partial charge in [0.2, 0.25) is 0 Å². The average molecular weight is 357 g/mol. The summed E-state index contributed by atoms with van der Waals surface area (Å²) in [5.41, 5.74) is -0.114. The van der Waals surface area contributed by atoms with Gasteiger partial charge in [-0.25, -0.2) is 0 Å². The van der Waals surface area contributed by atoms with E-state index in [0.717, 1.165) is 12.1 Å². The first-order valence-corrected chi connectivity index (χ1v) is 7.60.